The van der Waals surface area contributed by atoms with Crippen LogP contribution in [0.5, 0.6) is 5.75 Å². The van der Waals surface area contributed by atoms with E-state index < -0.39 is 0 Å². The van der Waals surface area contributed by atoms with Crippen molar-refractivity contribution < 1.29 is 18.7 Å². The van der Waals surface area contributed by atoms with Gasteiger partial charge in [-0.15, -0.1) is 0 Å². The third-order valence-corrected chi connectivity index (χ3v) is 5.07. The van der Waals surface area contributed by atoms with Gasteiger partial charge in [0, 0.05) is 25.3 Å². The first-order valence-corrected chi connectivity index (χ1v) is 9.41. The predicted molar refractivity (Wildman–Crippen MR) is 102 cm³/mol. The molecular formula is C22H26FNO3. The van der Waals surface area contributed by atoms with E-state index in [1.807, 2.05) is 35.2 Å². The van der Waals surface area contributed by atoms with Crippen LogP contribution < -0.4 is 4.74 Å². The van der Waals surface area contributed by atoms with Crippen molar-refractivity contribution in [1.82, 2.24) is 4.90 Å². The van der Waals surface area contributed by atoms with Crippen LogP contribution in [0.2, 0.25) is 0 Å². The van der Waals surface area contributed by atoms with Crippen LogP contribution in [-0.4, -0.2) is 37.6 Å². The molecule has 0 spiro atoms. The van der Waals surface area contributed by atoms with Gasteiger partial charge >= 0.3 is 0 Å². The van der Waals surface area contributed by atoms with E-state index in [0.29, 0.717) is 24.7 Å². The van der Waals surface area contributed by atoms with Crippen molar-refractivity contribution >= 4 is 5.91 Å². The Morgan fingerprint density at radius 2 is 1.89 bits per heavy atom. The van der Waals surface area contributed by atoms with Crippen molar-refractivity contribution in [3.8, 4) is 5.75 Å². The summed E-state index contributed by atoms with van der Waals surface area (Å²) in [6.45, 7) is 2.65. The number of methoxy groups -OCH3 is 1. The van der Waals surface area contributed by atoms with Gasteiger partial charge in [-0.2, -0.15) is 0 Å². The third kappa shape index (κ3) is 5.54. The SMILES string of the molecule is COc1ccc(C(=O)N2CCC(CCOCc3cccc(F)c3)CC2)cc1. The minimum absolute atomic E-state index is 0.0819. The first-order valence-electron chi connectivity index (χ1n) is 9.41. The zero-order chi connectivity index (χ0) is 19.1. The summed E-state index contributed by atoms with van der Waals surface area (Å²) in [5.74, 6) is 1.17. The average molecular weight is 371 g/mol. The quantitative estimate of drug-likeness (QED) is 0.682. The molecule has 1 aliphatic heterocycles. The number of hydrogen-bond donors (Lipinski definition) is 0. The van der Waals surface area contributed by atoms with Crippen LogP contribution >= 0.6 is 0 Å². The maximum Gasteiger partial charge on any atom is 0.253 e. The van der Waals surface area contributed by atoms with E-state index >= 15 is 0 Å². The molecule has 1 amide bonds. The zero-order valence-corrected chi connectivity index (χ0v) is 15.7. The van der Waals surface area contributed by atoms with Crippen molar-refractivity contribution in [2.75, 3.05) is 26.8 Å². The van der Waals surface area contributed by atoms with Crippen LogP contribution in [0.1, 0.15) is 35.2 Å². The topological polar surface area (TPSA) is 38.8 Å². The van der Waals surface area contributed by atoms with E-state index in [4.69, 9.17) is 9.47 Å². The van der Waals surface area contributed by atoms with Crippen LogP contribution in [-0.2, 0) is 11.3 Å². The largest absolute Gasteiger partial charge is 0.497 e. The number of ether oxygens (including phenoxy) is 2. The molecule has 4 nitrogen and oxygen atoms in total. The van der Waals surface area contributed by atoms with Crippen LogP contribution in [0.4, 0.5) is 4.39 Å². The number of likely N-dealkylation sites (tertiary alicyclic amines) is 1. The van der Waals surface area contributed by atoms with Crippen LogP contribution in [0.3, 0.4) is 0 Å². The molecule has 1 aliphatic rings. The lowest BCUT2D eigenvalue weighted by atomic mass is 9.93. The van der Waals surface area contributed by atoms with Gasteiger partial charge in [-0.1, -0.05) is 12.1 Å². The Morgan fingerprint density at radius 1 is 1.15 bits per heavy atom. The van der Waals surface area contributed by atoms with Gasteiger partial charge in [-0.05, 0) is 67.1 Å². The lowest BCUT2D eigenvalue weighted by Gasteiger charge is -2.32. The molecule has 0 saturated carbocycles. The highest BCUT2D eigenvalue weighted by atomic mass is 19.1. The van der Waals surface area contributed by atoms with Crippen LogP contribution in [0.25, 0.3) is 0 Å². The van der Waals surface area contributed by atoms with Crippen molar-refractivity contribution in [3.63, 3.8) is 0 Å². The smallest absolute Gasteiger partial charge is 0.253 e. The second-order valence-electron chi connectivity index (χ2n) is 6.94. The van der Waals surface area contributed by atoms with Gasteiger partial charge in [0.1, 0.15) is 11.6 Å². The molecule has 1 fully saturated rings. The molecule has 0 aromatic heterocycles. The molecule has 0 radical (unpaired) electrons. The summed E-state index contributed by atoms with van der Waals surface area (Å²) in [7, 11) is 1.61. The first-order chi connectivity index (χ1) is 13.2. The predicted octanol–water partition coefficient (Wildman–Crippen LogP) is 4.29. The number of hydrogen-bond acceptors (Lipinski definition) is 3. The monoisotopic (exact) mass is 371 g/mol. The molecule has 0 atom stereocenters. The minimum Gasteiger partial charge on any atom is -0.497 e. The number of rotatable bonds is 7. The van der Waals surface area contributed by atoms with E-state index in [1.54, 1.807) is 13.2 Å². The summed E-state index contributed by atoms with van der Waals surface area (Å²) in [5, 5.41) is 0. The molecule has 0 unspecified atom stereocenters. The van der Waals surface area contributed by atoms with Gasteiger partial charge < -0.3 is 14.4 Å². The molecule has 27 heavy (non-hydrogen) atoms. The summed E-state index contributed by atoms with van der Waals surface area (Å²) in [5.41, 5.74) is 1.56. The Balaban J connectivity index is 1.37. The molecule has 0 N–H and O–H groups in total. The minimum atomic E-state index is -0.231. The highest BCUT2D eigenvalue weighted by Crippen LogP contribution is 2.23. The molecule has 2 aromatic rings. The molecule has 1 heterocycles. The zero-order valence-electron chi connectivity index (χ0n) is 15.7. The molecule has 0 aliphatic carbocycles. The van der Waals surface area contributed by atoms with Crippen molar-refractivity contribution in [2.24, 2.45) is 5.92 Å². The van der Waals surface area contributed by atoms with Gasteiger partial charge in [0.15, 0.2) is 0 Å². The van der Waals surface area contributed by atoms with Crippen molar-refractivity contribution in [1.29, 1.82) is 0 Å². The fraction of sp³-hybridized carbons (Fsp3) is 0.409. The summed E-state index contributed by atoms with van der Waals surface area (Å²) >= 11 is 0. The van der Waals surface area contributed by atoms with Gasteiger partial charge in [0.2, 0.25) is 0 Å². The Morgan fingerprint density at radius 3 is 2.56 bits per heavy atom. The van der Waals surface area contributed by atoms with E-state index in [1.165, 1.54) is 12.1 Å². The molecule has 5 heteroatoms. The molecule has 1 saturated heterocycles. The summed E-state index contributed by atoms with van der Waals surface area (Å²) < 4.78 is 24.0. The molecular weight excluding hydrogens is 345 g/mol. The Bertz CT molecular complexity index is 739. The highest BCUT2D eigenvalue weighted by molar-refractivity contribution is 5.94. The van der Waals surface area contributed by atoms with Crippen molar-refractivity contribution in [2.45, 2.75) is 25.9 Å². The number of benzene rings is 2. The van der Waals surface area contributed by atoms with E-state index in [9.17, 15) is 9.18 Å². The molecule has 144 valence electrons. The van der Waals surface area contributed by atoms with Gasteiger partial charge in [0.25, 0.3) is 5.91 Å². The van der Waals surface area contributed by atoms with Gasteiger partial charge in [-0.3, -0.25) is 4.79 Å². The summed E-state index contributed by atoms with van der Waals surface area (Å²) in [6.07, 6.45) is 2.95. The maximum atomic E-state index is 13.1. The maximum absolute atomic E-state index is 13.1. The van der Waals surface area contributed by atoms with Crippen LogP contribution in [0.15, 0.2) is 48.5 Å². The van der Waals surface area contributed by atoms with Crippen molar-refractivity contribution in [3.05, 3.63) is 65.5 Å². The van der Waals surface area contributed by atoms with E-state index in [0.717, 1.165) is 43.7 Å². The Kier molecular flexibility index (Phi) is 6.82. The van der Waals surface area contributed by atoms with Crippen LogP contribution in [0, 0.1) is 11.7 Å². The highest BCUT2D eigenvalue weighted by Gasteiger charge is 2.23. The fourth-order valence-corrected chi connectivity index (χ4v) is 3.41. The number of nitrogens with zero attached hydrogens (tertiary/aromatic N) is 1. The van der Waals surface area contributed by atoms with Gasteiger partial charge in [-0.25, -0.2) is 4.39 Å². The standard InChI is InChI=1S/C22H26FNO3/c1-26-21-7-5-19(6-8-21)22(25)24-12-9-17(10-13-24)11-14-27-16-18-3-2-4-20(23)15-18/h2-8,15,17H,9-14,16H2,1H3. The lowest BCUT2D eigenvalue weighted by Crippen LogP contribution is -2.38. The fourth-order valence-electron chi connectivity index (χ4n) is 3.41. The number of carbonyl (C=O) groups is 1. The Hall–Kier alpha value is -2.40. The first kappa shape index (κ1) is 19.4. The van der Waals surface area contributed by atoms with E-state index in [2.05, 4.69) is 0 Å². The second kappa shape index (κ2) is 9.51. The average Bonchev–Trinajstić information content (AvgIpc) is 2.71. The summed E-state index contributed by atoms with van der Waals surface area (Å²) in [6, 6.07) is 13.8. The summed E-state index contributed by atoms with van der Waals surface area (Å²) in [4.78, 5) is 14.5. The lowest BCUT2D eigenvalue weighted by molar-refractivity contribution is 0.0638. The Labute approximate surface area is 159 Å². The molecule has 2 aromatic carbocycles. The molecule has 0 bridgehead atoms. The second-order valence-corrected chi connectivity index (χ2v) is 6.94. The number of piperidine rings is 1. The number of halogens is 1. The normalized spacial score (nSPS) is 15.0. The number of carbonyl (C=O) groups excluding carboxylic acids is 1. The van der Waals surface area contributed by atoms with Gasteiger partial charge in [0.05, 0.1) is 13.7 Å². The van der Waals surface area contributed by atoms with E-state index in [-0.39, 0.29) is 11.7 Å². The third-order valence-electron chi connectivity index (χ3n) is 5.07. The molecule has 3 rings (SSSR count). The number of amides is 1.